The van der Waals surface area contributed by atoms with E-state index in [0.29, 0.717) is 68.9 Å². The van der Waals surface area contributed by atoms with Gasteiger partial charge in [0.1, 0.15) is 0 Å². The SMILES string of the molecule is CB1N(c2ccccc2)[CH-]N(c2ccc[n-]2)B(C)N1C(C)C.CCCCCCN1B(C)N(c2ccccc2)[CH-]N(c2ccc[n-]2)B1C.CCCCCN1B(C)N(c2ccccc2)[CH-]N(c2ccc[n-]2)B1C.CCCCN1B(C)N(c2ccccc2)[CH-]N(c2ccc[n-]2)B1C.CCCN1B(C)N(c2ccccc2)[CH-]N(c2ccc[n-]2)B1C.[Pt+2].[Pt+2].[Pt+2].[Pt+2].[Pt+2]. The molecule has 5 aliphatic heterocycles. The summed E-state index contributed by atoms with van der Waals surface area (Å²) in [6.07, 6.45) is 21.7. The summed E-state index contributed by atoms with van der Waals surface area (Å²) in [5.41, 5.74) is 6.06. The van der Waals surface area contributed by atoms with E-state index in [4.69, 9.17) is 0 Å². The summed E-state index contributed by atoms with van der Waals surface area (Å²) in [4.78, 5) is 45.5. The molecule has 5 aromatic carbocycles. The molecule has 646 valence electrons. The molecule has 0 saturated carbocycles. The number of anilines is 10. The van der Waals surface area contributed by atoms with Gasteiger partial charge in [-0.15, -0.1) is 0 Å². The van der Waals surface area contributed by atoms with Crippen LogP contribution in [0, 0.1) is 33.3 Å². The summed E-state index contributed by atoms with van der Waals surface area (Å²) >= 11 is 0. The summed E-state index contributed by atoms with van der Waals surface area (Å²) in [7, 11) is 0. The van der Waals surface area contributed by atoms with Crippen molar-refractivity contribution >= 4 is 127 Å². The topological polar surface area (TPSA) is 119 Å². The zero-order chi connectivity index (χ0) is 82.0. The van der Waals surface area contributed by atoms with E-state index in [1.165, 1.54) is 86.2 Å². The summed E-state index contributed by atoms with van der Waals surface area (Å²) in [6, 6.07) is 73.7. The van der Waals surface area contributed by atoms with Crippen molar-refractivity contribution in [2.45, 2.75) is 180 Å². The van der Waals surface area contributed by atoms with Crippen LogP contribution in [0.25, 0.3) is 0 Å². The largest absolute Gasteiger partial charge is 2.00 e. The molecule has 35 heteroatoms. The fraction of sp³-hybridized carbons (Fsp3) is 0.360. The maximum absolute atomic E-state index is 4.53. The Kier molecular flexibility index (Phi) is 45.7. The third kappa shape index (κ3) is 27.0. The number of unbranched alkanes of at least 4 members (excludes halogenated alkanes) is 6. The van der Waals surface area contributed by atoms with Crippen LogP contribution in [0.1, 0.15) is 106 Å². The van der Waals surface area contributed by atoms with Crippen molar-refractivity contribution in [1.29, 1.82) is 0 Å². The first-order valence-corrected chi connectivity index (χ1v) is 43.0. The van der Waals surface area contributed by atoms with Gasteiger partial charge in [0, 0.05) is 0 Å². The Bertz CT molecular complexity index is 4270. The maximum atomic E-state index is 4.53. The normalized spacial score (nSPS) is 15.6. The van der Waals surface area contributed by atoms with E-state index in [1.807, 2.05) is 61.3 Å². The van der Waals surface area contributed by atoms with Crippen molar-refractivity contribution in [3.63, 3.8) is 0 Å². The molecule has 20 nitrogen and oxygen atoms in total. The van der Waals surface area contributed by atoms with Crippen LogP contribution < -0.4 is 73.0 Å². The first-order chi connectivity index (χ1) is 56.5. The number of nitrogens with zero attached hydrogens (tertiary/aromatic N) is 20. The monoisotopic (exact) mass is 2520 g/mol. The molecule has 0 atom stereocenters. The Morgan fingerprint density at radius 2 is 0.438 bits per heavy atom. The maximum Gasteiger partial charge on any atom is 2.00 e. The second-order valence-corrected chi connectivity index (χ2v) is 31.2. The third-order valence-corrected chi connectivity index (χ3v) is 23.4. The number of aromatic nitrogens is 5. The minimum absolute atomic E-state index is 0. The van der Waals surface area contributed by atoms with Crippen LogP contribution in [-0.4, -0.2) is 126 Å². The number of rotatable bonds is 25. The first-order valence-electron chi connectivity index (χ1n) is 43.0. The van der Waals surface area contributed by atoms with Crippen molar-refractivity contribution in [2.24, 2.45) is 0 Å². The molecule has 0 N–H and O–H groups in total. The molecular weight excluding hydrogens is 2400 g/mol. The van der Waals surface area contributed by atoms with E-state index in [9.17, 15) is 0 Å². The molecule has 0 amide bonds. The Hall–Kier alpha value is -5.61. The molecule has 5 aliphatic rings. The molecule has 5 aromatic heterocycles. The van der Waals surface area contributed by atoms with Gasteiger partial charge in [-0.25, -0.2) is 0 Å². The van der Waals surface area contributed by atoms with E-state index in [-0.39, 0.29) is 112 Å². The Morgan fingerprint density at radius 1 is 0.231 bits per heavy atom. The Morgan fingerprint density at radius 3 is 0.669 bits per heavy atom. The molecule has 0 radical (unpaired) electrons. The van der Waals surface area contributed by atoms with E-state index >= 15 is 0 Å². The minimum atomic E-state index is 0. The fourth-order valence-corrected chi connectivity index (χ4v) is 16.9. The molecule has 15 rings (SSSR count). The Labute approximate surface area is 804 Å². The quantitative estimate of drug-likeness (QED) is 0.0306. The third-order valence-electron chi connectivity index (χ3n) is 23.4. The molecule has 0 bridgehead atoms. The van der Waals surface area contributed by atoms with Crippen molar-refractivity contribution in [2.75, 3.05) is 74.3 Å². The van der Waals surface area contributed by atoms with Crippen molar-refractivity contribution in [3.8, 4) is 0 Å². The number of benzene rings is 5. The van der Waals surface area contributed by atoms with Crippen LogP contribution in [0.4, 0.5) is 57.5 Å². The van der Waals surface area contributed by atoms with Crippen LogP contribution in [0.3, 0.4) is 0 Å². The van der Waals surface area contributed by atoms with Gasteiger partial charge in [-0.3, -0.25) is 33.3 Å². The van der Waals surface area contributed by atoms with Crippen molar-refractivity contribution in [1.82, 2.24) is 48.5 Å². The first kappa shape index (κ1) is 104. The average molecular weight is 2520 g/mol. The predicted octanol–water partition coefficient (Wildman–Crippen LogP) is 17.5. The summed E-state index contributed by atoms with van der Waals surface area (Å²) < 4.78 is 12.7. The zero-order valence-corrected chi connectivity index (χ0v) is 85.1. The fourth-order valence-electron chi connectivity index (χ4n) is 16.9. The number of hydrogen-bond donors (Lipinski definition) is 0. The van der Waals surface area contributed by atoms with E-state index in [1.54, 1.807) is 0 Å². The predicted molar refractivity (Wildman–Crippen MR) is 506 cm³/mol. The molecule has 0 spiro atoms. The van der Waals surface area contributed by atoms with E-state index in [0.717, 1.165) is 61.7 Å². The smallest absolute Gasteiger partial charge is 0.615 e. The van der Waals surface area contributed by atoms with E-state index in [2.05, 4.69) is 422 Å². The van der Waals surface area contributed by atoms with Gasteiger partial charge in [0.25, 0.3) is 34.9 Å². The van der Waals surface area contributed by atoms with Gasteiger partial charge in [0.05, 0.1) is 0 Å². The molecule has 5 fully saturated rings. The second-order valence-electron chi connectivity index (χ2n) is 31.2. The van der Waals surface area contributed by atoms with Gasteiger partial charge in [0.15, 0.2) is 34.9 Å². The zero-order valence-electron chi connectivity index (χ0n) is 73.8. The van der Waals surface area contributed by atoms with Gasteiger partial charge in [-0.1, -0.05) is 360 Å². The molecule has 0 unspecified atom stereocenters. The van der Waals surface area contributed by atoms with Crippen LogP contribution in [0.15, 0.2) is 243 Å². The van der Waals surface area contributed by atoms with Crippen LogP contribution in [0.5, 0.6) is 0 Å². The van der Waals surface area contributed by atoms with E-state index < -0.39 is 0 Å². The summed E-state index contributed by atoms with van der Waals surface area (Å²) in [5, 5.41) is 0. The van der Waals surface area contributed by atoms with Gasteiger partial charge in [-0.05, 0) is 147 Å². The van der Waals surface area contributed by atoms with Crippen molar-refractivity contribution < 1.29 is 105 Å². The molecule has 5 saturated heterocycles. The van der Waals surface area contributed by atoms with Crippen LogP contribution in [-0.2, 0) is 105 Å². The molecule has 10 aromatic rings. The standard InChI is InChI=1S/C19H28B2N4.C18H26B2N4.C17H24B2N4.2C16H22B2N4.5Pt/c1-4-5-6-10-16-25-20(2)23(18-12-8-7-9-13-18)17-24(21(25)3)19-14-11-15-22-19;1-4-5-9-15-24-19(2)22(17-11-7-6-8-12-17)16-23(20(24)3)18-13-10-14-21-18;1-4-5-14-23-18(2)21(16-10-7-6-8-11-16)15-22(19(23)3)17-12-9-13-20-17;1-14(2)22-17(3)20(15-9-6-5-7-10-15)13-21(18(22)4)16-11-8-12-19-16;1-4-13-22-17(2)20(15-9-6-5-7-10-15)14-21(18(22)3)16-11-8-12-19-16;;;;;/h7-9,11-15,17H,4-6,10,16H2,1-3H3;6-8,10-14,16H,4-5,9,15H2,1-3H3;6-13,15H,4-5,14H2,1-3H3;5-14H,1-4H3;5-12,14H,4,13H2,1-3H3;;;;;/q5*-2;5*+2. The van der Waals surface area contributed by atoms with Gasteiger partial charge in [0.2, 0.25) is 0 Å². The van der Waals surface area contributed by atoms with Crippen LogP contribution >= 0.6 is 0 Å². The van der Waals surface area contributed by atoms with Gasteiger partial charge in [-0.2, -0.15) is 0 Å². The summed E-state index contributed by atoms with van der Waals surface area (Å²) in [6.45, 7) is 54.6. The van der Waals surface area contributed by atoms with Gasteiger partial charge < -0.3 is 96.6 Å². The van der Waals surface area contributed by atoms with Crippen molar-refractivity contribution in [3.05, 3.63) is 277 Å². The molecular formula is C86H122B10N20Pt5. The number of para-hydroxylation sites is 5. The van der Waals surface area contributed by atoms with Gasteiger partial charge >= 0.3 is 105 Å². The molecule has 121 heavy (non-hydrogen) atoms. The average Bonchev–Trinajstić information content (AvgIpc) is 1.79. The minimum Gasteiger partial charge on any atom is -0.615 e. The molecule has 0 aliphatic carbocycles. The second kappa shape index (κ2) is 53.1. The van der Waals surface area contributed by atoms with Crippen LogP contribution in [0.2, 0.25) is 68.2 Å². The summed E-state index contributed by atoms with van der Waals surface area (Å²) in [5.74, 6) is 5.02. The molecule has 10 heterocycles. The number of hydrogen-bond acceptors (Lipinski definition) is 15. The Balaban J connectivity index is 0.000000232.